The summed E-state index contributed by atoms with van der Waals surface area (Å²) in [4.78, 5) is 16.9. The molecule has 0 aromatic carbocycles. The number of rotatable bonds is 4. The van der Waals surface area contributed by atoms with Crippen LogP contribution in [0, 0.1) is 5.92 Å². The maximum absolute atomic E-state index is 10.8. The summed E-state index contributed by atoms with van der Waals surface area (Å²) in [6.07, 6.45) is 7.92. The SMILES string of the molecule is NC(=O)CN1CCC(Cn2ccnc2)CC1. The zero-order valence-corrected chi connectivity index (χ0v) is 9.38. The molecule has 1 fully saturated rings. The summed E-state index contributed by atoms with van der Waals surface area (Å²) in [5, 5.41) is 0. The molecule has 1 saturated heterocycles. The number of hydrogen-bond donors (Lipinski definition) is 1. The first-order valence-corrected chi connectivity index (χ1v) is 5.70. The minimum absolute atomic E-state index is 0.229. The Balaban J connectivity index is 1.75. The highest BCUT2D eigenvalue weighted by atomic mass is 16.1. The molecule has 0 spiro atoms. The van der Waals surface area contributed by atoms with Crippen molar-refractivity contribution in [3.8, 4) is 0 Å². The highest BCUT2D eigenvalue weighted by Gasteiger charge is 2.20. The predicted molar refractivity (Wildman–Crippen MR) is 60.6 cm³/mol. The van der Waals surface area contributed by atoms with Crippen LogP contribution in [0.2, 0.25) is 0 Å². The molecule has 0 radical (unpaired) electrons. The van der Waals surface area contributed by atoms with Crippen LogP contribution in [0.1, 0.15) is 12.8 Å². The monoisotopic (exact) mass is 222 g/mol. The lowest BCUT2D eigenvalue weighted by Crippen LogP contribution is -2.40. The van der Waals surface area contributed by atoms with E-state index in [0.717, 1.165) is 32.5 Å². The third-order valence-electron chi connectivity index (χ3n) is 3.11. The van der Waals surface area contributed by atoms with Crippen molar-refractivity contribution in [3.05, 3.63) is 18.7 Å². The molecule has 1 aromatic heterocycles. The third kappa shape index (κ3) is 3.06. The number of nitrogens with zero attached hydrogens (tertiary/aromatic N) is 3. The maximum atomic E-state index is 10.8. The van der Waals surface area contributed by atoms with Crippen molar-refractivity contribution in [1.29, 1.82) is 0 Å². The lowest BCUT2D eigenvalue weighted by Gasteiger charge is -2.31. The Labute approximate surface area is 95.2 Å². The summed E-state index contributed by atoms with van der Waals surface area (Å²) in [6.45, 7) is 3.38. The van der Waals surface area contributed by atoms with E-state index in [1.165, 1.54) is 0 Å². The Bertz CT molecular complexity index is 328. The van der Waals surface area contributed by atoms with E-state index in [0.29, 0.717) is 12.5 Å². The van der Waals surface area contributed by atoms with Crippen molar-refractivity contribution in [2.24, 2.45) is 11.7 Å². The van der Waals surface area contributed by atoms with Gasteiger partial charge < -0.3 is 10.3 Å². The van der Waals surface area contributed by atoms with Gasteiger partial charge in [0.05, 0.1) is 12.9 Å². The van der Waals surface area contributed by atoms with E-state index in [-0.39, 0.29) is 5.91 Å². The van der Waals surface area contributed by atoms with Gasteiger partial charge in [-0.25, -0.2) is 4.98 Å². The molecule has 0 saturated carbocycles. The van der Waals surface area contributed by atoms with Gasteiger partial charge in [-0.1, -0.05) is 0 Å². The first-order valence-electron chi connectivity index (χ1n) is 5.70. The Kier molecular flexibility index (Phi) is 3.56. The Morgan fingerprint density at radius 3 is 2.75 bits per heavy atom. The van der Waals surface area contributed by atoms with E-state index in [1.807, 2.05) is 18.7 Å². The molecule has 0 aliphatic carbocycles. The van der Waals surface area contributed by atoms with E-state index in [2.05, 4.69) is 14.5 Å². The maximum Gasteiger partial charge on any atom is 0.231 e. The number of amides is 1. The van der Waals surface area contributed by atoms with Gasteiger partial charge in [-0.15, -0.1) is 0 Å². The largest absolute Gasteiger partial charge is 0.369 e. The van der Waals surface area contributed by atoms with Crippen LogP contribution >= 0.6 is 0 Å². The van der Waals surface area contributed by atoms with Crippen LogP contribution in [0.25, 0.3) is 0 Å². The van der Waals surface area contributed by atoms with Gasteiger partial charge >= 0.3 is 0 Å². The van der Waals surface area contributed by atoms with Gasteiger partial charge in [-0.3, -0.25) is 9.69 Å². The van der Waals surface area contributed by atoms with Gasteiger partial charge in [0.15, 0.2) is 0 Å². The number of carbonyl (C=O) groups is 1. The second kappa shape index (κ2) is 5.12. The van der Waals surface area contributed by atoms with Crippen molar-refractivity contribution in [1.82, 2.24) is 14.5 Å². The summed E-state index contributed by atoms with van der Waals surface area (Å²) in [5.74, 6) is 0.464. The number of likely N-dealkylation sites (tertiary alicyclic amines) is 1. The van der Waals surface area contributed by atoms with Crippen LogP contribution in [0.5, 0.6) is 0 Å². The minimum Gasteiger partial charge on any atom is -0.369 e. The van der Waals surface area contributed by atoms with Crippen LogP contribution in [-0.2, 0) is 11.3 Å². The molecule has 1 amide bonds. The molecule has 5 nitrogen and oxygen atoms in total. The molecule has 2 rings (SSSR count). The first-order chi connectivity index (χ1) is 7.74. The van der Waals surface area contributed by atoms with Crippen LogP contribution in [0.15, 0.2) is 18.7 Å². The molecule has 2 N–H and O–H groups in total. The summed E-state index contributed by atoms with van der Waals surface area (Å²) < 4.78 is 2.12. The normalized spacial score (nSPS) is 18.8. The average molecular weight is 222 g/mol. The first kappa shape index (κ1) is 11.1. The molecule has 2 heterocycles. The van der Waals surface area contributed by atoms with E-state index in [1.54, 1.807) is 0 Å². The number of aromatic nitrogens is 2. The summed E-state index contributed by atoms with van der Waals surface area (Å²) in [7, 11) is 0. The van der Waals surface area contributed by atoms with Crippen LogP contribution in [-0.4, -0.2) is 40.0 Å². The number of nitrogens with two attached hydrogens (primary N) is 1. The van der Waals surface area contributed by atoms with Crippen molar-refractivity contribution in [2.45, 2.75) is 19.4 Å². The molecule has 0 unspecified atom stereocenters. The zero-order chi connectivity index (χ0) is 11.4. The second-order valence-corrected chi connectivity index (χ2v) is 4.45. The highest BCUT2D eigenvalue weighted by Crippen LogP contribution is 2.18. The van der Waals surface area contributed by atoms with E-state index >= 15 is 0 Å². The topological polar surface area (TPSA) is 64.2 Å². The molecule has 1 aliphatic rings. The van der Waals surface area contributed by atoms with Crippen molar-refractivity contribution < 1.29 is 4.79 Å². The molecule has 0 bridgehead atoms. The Morgan fingerprint density at radius 1 is 1.44 bits per heavy atom. The van der Waals surface area contributed by atoms with Crippen molar-refractivity contribution in [3.63, 3.8) is 0 Å². The number of piperidine rings is 1. The van der Waals surface area contributed by atoms with Gasteiger partial charge in [-0.2, -0.15) is 0 Å². The van der Waals surface area contributed by atoms with Crippen LogP contribution in [0.4, 0.5) is 0 Å². The number of carbonyl (C=O) groups excluding carboxylic acids is 1. The minimum atomic E-state index is -0.229. The standard InChI is InChI=1S/C11H18N4O/c12-11(16)8-14-4-1-10(2-5-14)7-15-6-3-13-9-15/h3,6,9-10H,1-2,4-5,7-8H2,(H2,12,16). The second-order valence-electron chi connectivity index (χ2n) is 4.45. The molecule has 0 atom stereocenters. The van der Waals surface area contributed by atoms with Gasteiger partial charge in [0.1, 0.15) is 0 Å². The molecule has 1 aliphatic heterocycles. The lowest BCUT2D eigenvalue weighted by molar-refractivity contribution is -0.119. The van der Waals surface area contributed by atoms with Gasteiger partial charge in [0.2, 0.25) is 5.91 Å². The molecule has 5 heteroatoms. The molecule has 88 valence electrons. The van der Waals surface area contributed by atoms with E-state index < -0.39 is 0 Å². The van der Waals surface area contributed by atoms with Gasteiger partial charge in [0.25, 0.3) is 0 Å². The van der Waals surface area contributed by atoms with Crippen molar-refractivity contribution >= 4 is 5.91 Å². The highest BCUT2D eigenvalue weighted by molar-refractivity contribution is 5.75. The number of imidazole rings is 1. The van der Waals surface area contributed by atoms with Crippen molar-refractivity contribution in [2.75, 3.05) is 19.6 Å². The Morgan fingerprint density at radius 2 is 2.19 bits per heavy atom. The summed E-state index contributed by atoms with van der Waals surface area (Å²) in [6, 6.07) is 0. The Hall–Kier alpha value is -1.36. The smallest absolute Gasteiger partial charge is 0.231 e. The molecule has 16 heavy (non-hydrogen) atoms. The fourth-order valence-electron chi connectivity index (χ4n) is 2.24. The lowest BCUT2D eigenvalue weighted by atomic mass is 9.97. The molecular weight excluding hydrogens is 204 g/mol. The summed E-state index contributed by atoms with van der Waals surface area (Å²) >= 11 is 0. The fourth-order valence-corrected chi connectivity index (χ4v) is 2.24. The van der Waals surface area contributed by atoms with E-state index in [9.17, 15) is 4.79 Å². The summed E-state index contributed by atoms with van der Waals surface area (Å²) in [5.41, 5.74) is 5.17. The zero-order valence-electron chi connectivity index (χ0n) is 9.38. The molecular formula is C11H18N4O. The molecule has 1 aromatic rings. The predicted octanol–water partition coefficient (Wildman–Crippen LogP) is 0.0804. The van der Waals surface area contributed by atoms with Gasteiger partial charge in [-0.05, 0) is 31.8 Å². The van der Waals surface area contributed by atoms with Crippen LogP contribution < -0.4 is 5.73 Å². The average Bonchev–Trinajstić information content (AvgIpc) is 2.73. The number of hydrogen-bond acceptors (Lipinski definition) is 3. The third-order valence-corrected chi connectivity index (χ3v) is 3.11. The fraction of sp³-hybridized carbons (Fsp3) is 0.636. The van der Waals surface area contributed by atoms with Crippen LogP contribution in [0.3, 0.4) is 0 Å². The van der Waals surface area contributed by atoms with Gasteiger partial charge in [0, 0.05) is 18.9 Å². The number of primary amides is 1. The quantitative estimate of drug-likeness (QED) is 0.784. The van der Waals surface area contributed by atoms with E-state index in [4.69, 9.17) is 5.73 Å².